The Hall–Kier alpha value is -1.61. The highest BCUT2D eigenvalue weighted by molar-refractivity contribution is 9.10. The lowest BCUT2D eigenvalue weighted by molar-refractivity contribution is 0.0994. The normalized spacial score (nSPS) is 13.4. The van der Waals surface area contributed by atoms with Crippen LogP contribution in [0.4, 0.5) is 0 Å². The van der Waals surface area contributed by atoms with Crippen molar-refractivity contribution in [2.24, 2.45) is 0 Å². The molecule has 2 aromatic carbocycles. The van der Waals surface area contributed by atoms with E-state index in [2.05, 4.69) is 15.9 Å². The molecule has 0 heterocycles. The molecule has 0 bridgehead atoms. The molecule has 3 heteroatoms. The van der Waals surface area contributed by atoms with Gasteiger partial charge in [-0.25, -0.2) is 0 Å². The molecule has 0 fully saturated rings. The number of hydrogen-bond acceptors (Lipinski definition) is 2. The zero-order valence-corrected chi connectivity index (χ0v) is 11.9. The predicted molar refractivity (Wildman–Crippen MR) is 77.6 cm³/mol. The van der Waals surface area contributed by atoms with E-state index in [-0.39, 0.29) is 5.78 Å². The maximum Gasteiger partial charge on any atom is 0.163 e. The lowest BCUT2D eigenvalue weighted by atomic mass is 10.1. The summed E-state index contributed by atoms with van der Waals surface area (Å²) < 4.78 is 6.91. The molecular formula is C16H13BrO2. The first kappa shape index (κ1) is 12.4. The minimum Gasteiger partial charge on any atom is -0.489 e. The van der Waals surface area contributed by atoms with Crippen LogP contribution in [0.15, 0.2) is 46.9 Å². The standard InChI is InChI=1S/C16H13BrO2/c17-12-6-4-11(5-7-12)10-19-16-3-1-2-13-14(16)8-9-15(13)18/h1-7H,8-10H2. The Morgan fingerprint density at radius 2 is 1.84 bits per heavy atom. The van der Waals surface area contributed by atoms with E-state index in [4.69, 9.17) is 4.74 Å². The molecular weight excluding hydrogens is 304 g/mol. The average molecular weight is 317 g/mol. The minimum absolute atomic E-state index is 0.226. The van der Waals surface area contributed by atoms with Crippen molar-refractivity contribution in [1.82, 2.24) is 0 Å². The van der Waals surface area contributed by atoms with Crippen molar-refractivity contribution >= 4 is 21.7 Å². The van der Waals surface area contributed by atoms with Crippen LogP contribution in [-0.2, 0) is 13.0 Å². The summed E-state index contributed by atoms with van der Waals surface area (Å²) in [6.45, 7) is 0.526. The topological polar surface area (TPSA) is 26.3 Å². The van der Waals surface area contributed by atoms with E-state index in [1.165, 1.54) is 0 Å². The van der Waals surface area contributed by atoms with Gasteiger partial charge in [0, 0.05) is 22.0 Å². The lowest BCUT2D eigenvalue weighted by Crippen LogP contribution is -1.99. The number of Topliss-reactive ketones (excluding diaryl/α,β-unsaturated/α-hetero) is 1. The van der Waals surface area contributed by atoms with E-state index in [1.54, 1.807) is 0 Å². The number of benzene rings is 2. The van der Waals surface area contributed by atoms with Crippen molar-refractivity contribution in [3.63, 3.8) is 0 Å². The van der Waals surface area contributed by atoms with Crippen LogP contribution in [0.25, 0.3) is 0 Å². The van der Waals surface area contributed by atoms with Gasteiger partial charge < -0.3 is 4.74 Å². The van der Waals surface area contributed by atoms with Crippen LogP contribution in [0, 0.1) is 0 Å². The number of fused-ring (bicyclic) bond motifs is 1. The molecule has 0 saturated carbocycles. The first-order chi connectivity index (χ1) is 9.24. The third kappa shape index (κ3) is 2.56. The molecule has 2 nitrogen and oxygen atoms in total. The summed E-state index contributed by atoms with van der Waals surface area (Å²) in [5.74, 6) is 1.07. The fraction of sp³-hybridized carbons (Fsp3) is 0.188. The van der Waals surface area contributed by atoms with Crippen LogP contribution in [0.5, 0.6) is 5.75 Å². The Labute approximate surface area is 120 Å². The van der Waals surface area contributed by atoms with Gasteiger partial charge in [-0.05, 0) is 30.2 Å². The highest BCUT2D eigenvalue weighted by Gasteiger charge is 2.22. The van der Waals surface area contributed by atoms with E-state index < -0.39 is 0 Å². The molecule has 0 aromatic heterocycles. The lowest BCUT2D eigenvalue weighted by Gasteiger charge is -2.10. The number of carbonyl (C=O) groups excluding carboxylic acids is 1. The summed E-state index contributed by atoms with van der Waals surface area (Å²) in [4.78, 5) is 11.7. The molecule has 0 N–H and O–H groups in total. The molecule has 0 aliphatic heterocycles. The van der Waals surface area contributed by atoms with E-state index in [0.717, 1.165) is 33.3 Å². The Bertz CT molecular complexity index is 617. The van der Waals surface area contributed by atoms with Crippen molar-refractivity contribution in [1.29, 1.82) is 0 Å². The second kappa shape index (κ2) is 5.17. The van der Waals surface area contributed by atoms with Gasteiger partial charge in [0.1, 0.15) is 12.4 Å². The van der Waals surface area contributed by atoms with E-state index in [0.29, 0.717) is 13.0 Å². The number of hydrogen-bond donors (Lipinski definition) is 0. The molecule has 19 heavy (non-hydrogen) atoms. The SMILES string of the molecule is O=C1CCc2c(OCc3ccc(Br)cc3)cccc21. The largest absolute Gasteiger partial charge is 0.489 e. The van der Waals surface area contributed by atoms with Gasteiger partial charge in [-0.1, -0.05) is 40.2 Å². The molecule has 3 rings (SSSR count). The number of halogens is 1. The Balaban J connectivity index is 1.78. The molecule has 0 amide bonds. The Kier molecular flexibility index (Phi) is 3.38. The zero-order valence-electron chi connectivity index (χ0n) is 10.4. The molecule has 0 atom stereocenters. The van der Waals surface area contributed by atoms with Crippen LogP contribution in [0.3, 0.4) is 0 Å². The van der Waals surface area contributed by atoms with Gasteiger partial charge in [0.05, 0.1) is 0 Å². The molecule has 0 spiro atoms. The van der Waals surface area contributed by atoms with Crippen LogP contribution >= 0.6 is 15.9 Å². The quantitative estimate of drug-likeness (QED) is 0.850. The van der Waals surface area contributed by atoms with Gasteiger partial charge >= 0.3 is 0 Å². The second-order valence-electron chi connectivity index (χ2n) is 4.62. The van der Waals surface area contributed by atoms with Gasteiger partial charge in [0.15, 0.2) is 5.78 Å². The van der Waals surface area contributed by atoms with Crippen molar-refractivity contribution in [3.05, 3.63) is 63.6 Å². The van der Waals surface area contributed by atoms with Gasteiger partial charge in [0.25, 0.3) is 0 Å². The summed E-state index contributed by atoms with van der Waals surface area (Å²) in [5, 5.41) is 0. The summed E-state index contributed by atoms with van der Waals surface area (Å²) in [5.41, 5.74) is 3.00. The third-order valence-electron chi connectivity index (χ3n) is 3.34. The minimum atomic E-state index is 0.226. The number of rotatable bonds is 3. The number of ketones is 1. The van der Waals surface area contributed by atoms with Crippen LogP contribution in [0.1, 0.15) is 27.9 Å². The zero-order chi connectivity index (χ0) is 13.2. The number of carbonyl (C=O) groups is 1. The highest BCUT2D eigenvalue weighted by Crippen LogP contribution is 2.30. The predicted octanol–water partition coefficient (Wildman–Crippen LogP) is 4.16. The maximum atomic E-state index is 11.7. The third-order valence-corrected chi connectivity index (χ3v) is 3.87. The smallest absolute Gasteiger partial charge is 0.163 e. The van der Waals surface area contributed by atoms with Gasteiger partial charge in [0.2, 0.25) is 0 Å². The van der Waals surface area contributed by atoms with Crippen molar-refractivity contribution < 1.29 is 9.53 Å². The molecule has 1 aliphatic carbocycles. The van der Waals surface area contributed by atoms with Crippen LogP contribution < -0.4 is 4.74 Å². The van der Waals surface area contributed by atoms with Crippen molar-refractivity contribution in [3.8, 4) is 5.75 Å². The average Bonchev–Trinajstić information content (AvgIpc) is 2.81. The summed E-state index contributed by atoms with van der Waals surface area (Å²) in [6.07, 6.45) is 1.40. The fourth-order valence-corrected chi connectivity index (χ4v) is 2.60. The molecule has 96 valence electrons. The van der Waals surface area contributed by atoms with E-state index >= 15 is 0 Å². The summed E-state index contributed by atoms with van der Waals surface area (Å²) >= 11 is 3.41. The number of ether oxygens (including phenoxy) is 1. The summed E-state index contributed by atoms with van der Waals surface area (Å²) in [6, 6.07) is 13.8. The van der Waals surface area contributed by atoms with Crippen molar-refractivity contribution in [2.75, 3.05) is 0 Å². The van der Waals surface area contributed by atoms with Crippen LogP contribution in [-0.4, -0.2) is 5.78 Å². The van der Waals surface area contributed by atoms with E-state index in [1.807, 2.05) is 42.5 Å². The van der Waals surface area contributed by atoms with Crippen LogP contribution in [0.2, 0.25) is 0 Å². The molecule has 0 radical (unpaired) electrons. The molecule has 2 aromatic rings. The molecule has 1 aliphatic rings. The van der Waals surface area contributed by atoms with Gasteiger partial charge in [-0.2, -0.15) is 0 Å². The highest BCUT2D eigenvalue weighted by atomic mass is 79.9. The summed E-state index contributed by atoms with van der Waals surface area (Å²) in [7, 11) is 0. The molecule has 0 unspecified atom stereocenters. The Morgan fingerprint density at radius 1 is 1.05 bits per heavy atom. The Morgan fingerprint density at radius 3 is 2.63 bits per heavy atom. The van der Waals surface area contributed by atoms with Gasteiger partial charge in [-0.15, -0.1) is 0 Å². The molecule has 0 saturated heterocycles. The monoisotopic (exact) mass is 316 g/mol. The van der Waals surface area contributed by atoms with E-state index in [9.17, 15) is 4.79 Å². The first-order valence-corrected chi connectivity index (χ1v) is 7.05. The second-order valence-corrected chi connectivity index (χ2v) is 5.54. The van der Waals surface area contributed by atoms with Gasteiger partial charge in [-0.3, -0.25) is 4.79 Å². The fourth-order valence-electron chi connectivity index (χ4n) is 2.33. The maximum absolute atomic E-state index is 11.7. The first-order valence-electron chi connectivity index (χ1n) is 6.26. The van der Waals surface area contributed by atoms with Crippen molar-refractivity contribution in [2.45, 2.75) is 19.4 Å².